The van der Waals surface area contributed by atoms with Crippen molar-refractivity contribution in [2.45, 2.75) is 32.4 Å². The number of amides is 3. The normalized spacial score (nSPS) is 15.1. The Morgan fingerprint density at radius 2 is 2.05 bits per heavy atom. The molecule has 1 aliphatic rings. The molecule has 3 amide bonds. The lowest BCUT2D eigenvalue weighted by atomic mass is 10.1. The van der Waals surface area contributed by atoms with Gasteiger partial charge < -0.3 is 15.0 Å². The van der Waals surface area contributed by atoms with E-state index in [1.807, 2.05) is 20.8 Å². The first kappa shape index (κ1) is 15.1. The fourth-order valence-electron chi connectivity index (χ4n) is 1.82. The molecule has 114 valence electrons. The van der Waals surface area contributed by atoms with E-state index in [0.29, 0.717) is 18.9 Å². The molecule has 1 aliphatic heterocycles. The number of urea groups is 1. The molecule has 0 atom stereocenters. The number of likely N-dealkylation sites (tertiary alicyclic amines) is 1. The Labute approximate surface area is 123 Å². The summed E-state index contributed by atoms with van der Waals surface area (Å²) in [7, 11) is 0. The topological polar surface area (TPSA) is 83.6 Å². The maximum absolute atomic E-state index is 11.7. The number of nitrogens with one attached hydrogen (secondary N) is 2. The molecule has 7 heteroatoms. The van der Waals surface area contributed by atoms with E-state index in [1.54, 1.807) is 29.3 Å². The maximum Gasteiger partial charge on any atom is 0.410 e. The number of ether oxygens (including phenoxy) is 1. The van der Waals surface area contributed by atoms with Crippen LogP contribution < -0.4 is 10.6 Å². The van der Waals surface area contributed by atoms with E-state index in [2.05, 4.69) is 15.6 Å². The molecule has 1 fully saturated rings. The van der Waals surface area contributed by atoms with Gasteiger partial charge in [0.25, 0.3) is 0 Å². The Morgan fingerprint density at radius 1 is 1.33 bits per heavy atom. The van der Waals surface area contributed by atoms with Gasteiger partial charge in [-0.3, -0.25) is 5.32 Å². The fraction of sp³-hybridized carbons (Fsp3) is 0.500. The average Bonchev–Trinajstić information content (AvgIpc) is 2.32. The largest absolute Gasteiger partial charge is 0.444 e. The molecule has 0 radical (unpaired) electrons. The van der Waals surface area contributed by atoms with Crippen molar-refractivity contribution in [2.75, 3.05) is 18.4 Å². The third-order valence-corrected chi connectivity index (χ3v) is 2.77. The monoisotopic (exact) mass is 292 g/mol. The molecule has 0 aliphatic carbocycles. The highest BCUT2D eigenvalue weighted by Crippen LogP contribution is 2.15. The number of anilines is 1. The standard InChI is InChI=1S/C14H20N4O3/c1-14(2,3)21-13(20)18-8-10(9-18)16-12(19)17-11-6-4-5-7-15-11/h4-7,10H,8-9H2,1-3H3,(H2,15,16,17,19). The summed E-state index contributed by atoms with van der Waals surface area (Å²) in [5.41, 5.74) is -0.508. The zero-order chi connectivity index (χ0) is 15.5. The van der Waals surface area contributed by atoms with Crippen LogP contribution in [0.2, 0.25) is 0 Å². The van der Waals surface area contributed by atoms with E-state index in [9.17, 15) is 9.59 Å². The van der Waals surface area contributed by atoms with Crippen LogP contribution in [0.5, 0.6) is 0 Å². The van der Waals surface area contributed by atoms with Gasteiger partial charge in [0, 0.05) is 19.3 Å². The van der Waals surface area contributed by atoms with Gasteiger partial charge in [-0.15, -0.1) is 0 Å². The van der Waals surface area contributed by atoms with Gasteiger partial charge in [-0.25, -0.2) is 14.6 Å². The van der Waals surface area contributed by atoms with Crippen LogP contribution in [0.4, 0.5) is 15.4 Å². The molecule has 0 spiro atoms. The van der Waals surface area contributed by atoms with Crippen molar-refractivity contribution in [3.8, 4) is 0 Å². The second-order valence-electron chi connectivity index (χ2n) is 5.90. The van der Waals surface area contributed by atoms with Crippen molar-refractivity contribution in [1.82, 2.24) is 15.2 Å². The van der Waals surface area contributed by atoms with Crippen molar-refractivity contribution >= 4 is 17.9 Å². The number of hydrogen-bond donors (Lipinski definition) is 2. The van der Waals surface area contributed by atoms with Gasteiger partial charge >= 0.3 is 12.1 Å². The Kier molecular flexibility index (Phi) is 4.30. The highest BCUT2D eigenvalue weighted by molar-refractivity contribution is 5.88. The fourth-order valence-corrected chi connectivity index (χ4v) is 1.82. The smallest absolute Gasteiger partial charge is 0.410 e. The Bertz CT molecular complexity index is 507. The highest BCUT2D eigenvalue weighted by atomic mass is 16.6. The molecule has 0 unspecified atom stereocenters. The first-order valence-electron chi connectivity index (χ1n) is 6.80. The summed E-state index contributed by atoms with van der Waals surface area (Å²) in [4.78, 5) is 29.0. The predicted octanol–water partition coefficient (Wildman–Crippen LogP) is 1.82. The Balaban J connectivity index is 1.71. The first-order chi connectivity index (χ1) is 9.83. The number of carbonyl (C=O) groups excluding carboxylic acids is 2. The van der Waals surface area contributed by atoms with Crippen LogP contribution in [-0.2, 0) is 4.74 Å². The van der Waals surface area contributed by atoms with Crippen LogP contribution in [0.1, 0.15) is 20.8 Å². The highest BCUT2D eigenvalue weighted by Gasteiger charge is 2.34. The minimum Gasteiger partial charge on any atom is -0.444 e. The molecule has 2 rings (SSSR count). The maximum atomic E-state index is 11.7. The molecule has 1 saturated heterocycles. The molecular weight excluding hydrogens is 272 g/mol. The number of rotatable bonds is 2. The second-order valence-corrected chi connectivity index (χ2v) is 5.90. The minimum atomic E-state index is -0.508. The van der Waals surface area contributed by atoms with Crippen LogP contribution in [0.3, 0.4) is 0 Å². The third-order valence-electron chi connectivity index (χ3n) is 2.77. The van der Waals surface area contributed by atoms with Gasteiger partial charge in [-0.2, -0.15) is 0 Å². The molecule has 0 bridgehead atoms. The van der Waals surface area contributed by atoms with Crippen molar-refractivity contribution in [3.63, 3.8) is 0 Å². The van der Waals surface area contributed by atoms with Gasteiger partial charge in [0.2, 0.25) is 0 Å². The number of carbonyl (C=O) groups is 2. The Morgan fingerprint density at radius 3 is 2.62 bits per heavy atom. The summed E-state index contributed by atoms with van der Waals surface area (Å²) in [6, 6.07) is 4.86. The lowest BCUT2D eigenvalue weighted by Gasteiger charge is -2.39. The lowest BCUT2D eigenvalue weighted by molar-refractivity contribution is 0.00649. The molecule has 2 N–H and O–H groups in total. The average molecular weight is 292 g/mol. The molecule has 7 nitrogen and oxygen atoms in total. The third kappa shape index (κ3) is 4.62. The van der Waals surface area contributed by atoms with Crippen LogP contribution >= 0.6 is 0 Å². The lowest BCUT2D eigenvalue weighted by Crippen LogP contribution is -2.62. The number of pyridine rings is 1. The number of hydrogen-bond acceptors (Lipinski definition) is 4. The molecule has 0 aromatic carbocycles. The van der Waals surface area contributed by atoms with Gasteiger partial charge in [0.05, 0.1) is 6.04 Å². The number of aromatic nitrogens is 1. The molecule has 21 heavy (non-hydrogen) atoms. The van der Waals surface area contributed by atoms with Crippen molar-refractivity contribution in [3.05, 3.63) is 24.4 Å². The quantitative estimate of drug-likeness (QED) is 0.871. The van der Waals surface area contributed by atoms with E-state index in [4.69, 9.17) is 4.74 Å². The molecule has 1 aromatic rings. The summed E-state index contributed by atoms with van der Waals surface area (Å²) < 4.78 is 5.24. The number of nitrogens with zero attached hydrogens (tertiary/aromatic N) is 2. The van der Waals surface area contributed by atoms with Gasteiger partial charge in [-0.05, 0) is 32.9 Å². The van der Waals surface area contributed by atoms with Crippen molar-refractivity contribution in [1.29, 1.82) is 0 Å². The van der Waals surface area contributed by atoms with Crippen LogP contribution in [-0.4, -0.2) is 46.7 Å². The molecule has 2 heterocycles. The van der Waals surface area contributed by atoms with Gasteiger partial charge in [-0.1, -0.05) is 6.07 Å². The summed E-state index contributed by atoms with van der Waals surface area (Å²) in [6.07, 6.45) is 1.24. The molecule has 1 aromatic heterocycles. The second kappa shape index (κ2) is 5.99. The van der Waals surface area contributed by atoms with Crippen molar-refractivity contribution in [2.24, 2.45) is 0 Å². The zero-order valence-electron chi connectivity index (χ0n) is 12.4. The van der Waals surface area contributed by atoms with E-state index in [0.717, 1.165) is 0 Å². The Hall–Kier alpha value is -2.31. The van der Waals surface area contributed by atoms with E-state index in [1.165, 1.54) is 0 Å². The predicted molar refractivity (Wildman–Crippen MR) is 78.0 cm³/mol. The first-order valence-corrected chi connectivity index (χ1v) is 6.80. The van der Waals surface area contributed by atoms with Crippen molar-refractivity contribution < 1.29 is 14.3 Å². The van der Waals surface area contributed by atoms with E-state index < -0.39 is 5.60 Å². The summed E-state index contributed by atoms with van der Waals surface area (Å²) in [6.45, 7) is 6.36. The van der Waals surface area contributed by atoms with E-state index in [-0.39, 0.29) is 18.2 Å². The van der Waals surface area contributed by atoms with Crippen LogP contribution in [0.15, 0.2) is 24.4 Å². The van der Waals surface area contributed by atoms with Crippen LogP contribution in [0, 0.1) is 0 Å². The zero-order valence-corrected chi connectivity index (χ0v) is 12.4. The summed E-state index contributed by atoms with van der Waals surface area (Å²) in [5.74, 6) is 0.485. The summed E-state index contributed by atoms with van der Waals surface area (Å²) in [5, 5.41) is 5.40. The van der Waals surface area contributed by atoms with Gasteiger partial charge in [0.15, 0.2) is 0 Å². The van der Waals surface area contributed by atoms with Crippen LogP contribution in [0.25, 0.3) is 0 Å². The minimum absolute atomic E-state index is 0.0683. The molecule has 0 saturated carbocycles. The van der Waals surface area contributed by atoms with E-state index >= 15 is 0 Å². The molecular formula is C14H20N4O3. The SMILES string of the molecule is CC(C)(C)OC(=O)N1CC(NC(=O)Nc2ccccn2)C1. The van der Waals surface area contributed by atoms with Gasteiger partial charge in [0.1, 0.15) is 11.4 Å². The summed E-state index contributed by atoms with van der Waals surface area (Å²) >= 11 is 0.